The summed E-state index contributed by atoms with van der Waals surface area (Å²) in [6.45, 7) is 3.87. The van der Waals surface area contributed by atoms with E-state index < -0.39 is 0 Å². The maximum Gasteiger partial charge on any atom is 0.144 e. The van der Waals surface area contributed by atoms with Crippen LogP contribution in [0.1, 0.15) is 24.1 Å². The Balaban J connectivity index is 2.02. The minimum atomic E-state index is 0.508. The first-order valence-corrected chi connectivity index (χ1v) is 5.64. The van der Waals surface area contributed by atoms with Crippen molar-refractivity contribution in [2.45, 2.75) is 25.8 Å². The van der Waals surface area contributed by atoms with Crippen molar-refractivity contribution in [3.05, 3.63) is 23.4 Å². The van der Waals surface area contributed by atoms with Crippen molar-refractivity contribution in [1.82, 2.24) is 10.3 Å². The first-order valence-electron chi connectivity index (χ1n) is 5.64. The standard InChI is InChI=1S/C12H16N4/c1-9-4-5-10(7-13)12(16-9)15-8-11-3-2-6-14-11/h4-5,11,14H,2-3,6,8H2,1H3,(H,15,16). The number of nitrogens with one attached hydrogen (secondary N) is 2. The largest absolute Gasteiger partial charge is 0.367 e. The molecule has 0 spiro atoms. The van der Waals surface area contributed by atoms with Crippen molar-refractivity contribution < 1.29 is 0 Å². The van der Waals surface area contributed by atoms with Crippen molar-refractivity contribution in [1.29, 1.82) is 5.26 Å². The normalized spacial score (nSPS) is 19.4. The van der Waals surface area contributed by atoms with Gasteiger partial charge in [0.05, 0.1) is 5.56 Å². The number of anilines is 1. The summed E-state index contributed by atoms with van der Waals surface area (Å²) in [5, 5.41) is 15.6. The van der Waals surface area contributed by atoms with Crippen molar-refractivity contribution in [3.63, 3.8) is 0 Å². The van der Waals surface area contributed by atoms with E-state index in [-0.39, 0.29) is 0 Å². The summed E-state index contributed by atoms with van der Waals surface area (Å²) in [5.74, 6) is 0.705. The number of hydrogen-bond acceptors (Lipinski definition) is 4. The molecule has 1 saturated heterocycles. The van der Waals surface area contributed by atoms with Crippen molar-refractivity contribution in [3.8, 4) is 6.07 Å². The van der Waals surface area contributed by atoms with Crippen LogP contribution >= 0.6 is 0 Å². The second-order valence-corrected chi connectivity index (χ2v) is 4.13. The van der Waals surface area contributed by atoms with E-state index in [1.165, 1.54) is 12.8 Å². The summed E-state index contributed by atoms with van der Waals surface area (Å²) in [4.78, 5) is 4.34. The molecule has 4 heteroatoms. The van der Waals surface area contributed by atoms with Gasteiger partial charge in [-0.25, -0.2) is 4.98 Å². The molecule has 2 rings (SSSR count). The van der Waals surface area contributed by atoms with E-state index in [9.17, 15) is 0 Å². The zero-order valence-electron chi connectivity index (χ0n) is 9.45. The first kappa shape index (κ1) is 10.9. The summed E-state index contributed by atoms with van der Waals surface area (Å²) in [5.41, 5.74) is 1.55. The average Bonchev–Trinajstić information content (AvgIpc) is 2.79. The summed E-state index contributed by atoms with van der Waals surface area (Å²) >= 11 is 0. The average molecular weight is 216 g/mol. The molecule has 1 aliphatic rings. The second kappa shape index (κ2) is 4.95. The molecule has 4 nitrogen and oxygen atoms in total. The van der Waals surface area contributed by atoms with E-state index in [4.69, 9.17) is 5.26 Å². The summed E-state index contributed by atoms with van der Waals surface area (Å²) < 4.78 is 0. The molecule has 0 bridgehead atoms. The molecule has 1 aliphatic heterocycles. The highest BCUT2D eigenvalue weighted by Crippen LogP contribution is 2.13. The van der Waals surface area contributed by atoms with E-state index >= 15 is 0 Å². The number of nitriles is 1. The van der Waals surface area contributed by atoms with Gasteiger partial charge in [0.1, 0.15) is 11.9 Å². The predicted molar refractivity (Wildman–Crippen MR) is 63.2 cm³/mol. The molecular formula is C12H16N4. The molecule has 0 amide bonds. The number of rotatable bonds is 3. The Kier molecular flexibility index (Phi) is 3.37. The van der Waals surface area contributed by atoms with Gasteiger partial charge in [0.2, 0.25) is 0 Å². The Morgan fingerprint density at radius 1 is 1.62 bits per heavy atom. The van der Waals surface area contributed by atoms with Crippen LogP contribution in [0.4, 0.5) is 5.82 Å². The van der Waals surface area contributed by atoms with E-state index in [1.54, 1.807) is 0 Å². The molecule has 2 heterocycles. The number of hydrogen-bond donors (Lipinski definition) is 2. The van der Waals surface area contributed by atoms with Crippen LogP contribution in [0.25, 0.3) is 0 Å². The smallest absolute Gasteiger partial charge is 0.144 e. The molecule has 0 saturated carbocycles. The topological polar surface area (TPSA) is 60.7 Å². The van der Waals surface area contributed by atoms with E-state index in [2.05, 4.69) is 21.7 Å². The lowest BCUT2D eigenvalue weighted by Gasteiger charge is -2.13. The lowest BCUT2D eigenvalue weighted by Crippen LogP contribution is -2.29. The zero-order chi connectivity index (χ0) is 11.4. The van der Waals surface area contributed by atoms with Gasteiger partial charge in [-0.3, -0.25) is 0 Å². The number of nitrogens with zero attached hydrogens (tertiary/aromatic N) is 2. The molecule has 0 radical (unpaired) electrons. The highest BCUT2D eigenvalue weighted by molar-refractivity contribution is 5.52. The fourth-order valence-corrected chi connectivity index (χ4v) is 1.93. The van der Waals surface area contributed by atoms with Gasteiger partial charge in [0, 0.05) is 18.3 Å². The van der Waals surface area contributed by atoms with Gasteiger partial charge in [-0.1, -0.05) is 0 Å². The third-order valence-electron chi connectivity index (χ3n) is 2.83. The zero-order valence-corrected chi connectivity index (χ0v) is 9.45. The summed E-state index contributed by atoms with van der Waals surface area (Å²) in [7, 11) is 0. The molecule has 1 unspecified atom stereocenters. The highest BCUT2D eigenvalue weighted by atomic mass is 15.0. The Morgan fingerprint density at radius 3 is 3.19 bits per heavy atom. The van der Waals surface area contributed by atoms with E-state index in [0.717, 1.165) is 18.8 Å². The lowest BCUT2D eigenvalue weighted by molar-refractivity contribution is 0.632. The maximum atomic E-state index is 8.96. The van der Waals surface area contributed by atoms with Gasteiger partial charge in [0.25, 0.3) is 0 Å². The fraction of sp³-hybridized carbons (Fsp3) is 0.500. The van der Waals surface area contributed by atoms with Crippen LogP contribution in [0.15, 0.2) is 12.1 Å². The molecular weight excluding hydrogens is 200 g/mol. The van der Waals surface area contributed by atoms with Crippen molar-refractivity contribution >= 4 is 5.82 Å². The minimum Gasteiger partial charge on any atom is -0.367 e. The van der Waals surface area contributed by atoms with Crippen molar-refractivity contribution in [2.75, 3.05) is 18.4 Å². The second-order valence-electron chi connectivity index (χ2n) is 4.13. The molecule has 1 aromatic rings. The third kappa shape index (κ3) is 2.50. The van der Waals surface area contributed by atoms with Gasteiger partial charge in [0.15, 0.2) is 0 Å². The number of pyridine rings is 1. The monoisotopic (exact) mass is 216 g/mol. The van der Waals surface area contributed by atoms with Crippen LogP contribution in [-0.2, 0) is 0 Å². The van der Waals surface area contributed by atoms with E-state index in [1.807, 2.05) is 19.1 Å². The van der Waals surface area contributed by atoms with Gasteiger partial charge in [-0.2, -0.15) is 5.26 Å². The fourth-order valence-electron chi connectivity index (χ4n) is 1.93. The molecule has 1 atom stereocenters. The van der Waals surface area contributed by atoms with Gasteiger partial charge in [-0.05, 0) is 38.4 Å². The molecule has 2 N–H and O–H groups in total. The third-order valence-corrected chi connectivity index (χ3v) is 2.83. The number of aromatic nitrogens is 1. The molecule has 1 fully saturated rings. The highest BCUT2D eigenvalue weighted by Gasteiger charge is 2.14. The van der Waals surface area contributed by atoms with Gasteiger partial charge in [-0.15, -0.1) is 0 Å². The molecule has 16 heavy (non-hydrogen) atoms. The molecule has 0 aromatic carbocycles. The van der Waals surface area contributed by atoms with Crippen LogP contribution in [0.3, 0.4) is 0 Å². The Hall–Kier alpha value is -1.60. The van der Waals surface area contributed by atoms with Crippen LogP contribution in [0, 0.1) is 18.3 Å². The van der Waals surface area contributed by atoms with Crippen LogP contribution in [0.2, 0.25) is 0 Å². The van der Waals surface area contributed by atoms with Crippen molar-refractivity contribution in [2.24, 2.45) is 0 Å². The van der Waals surface area contributed by atoms with Crippen LogP contribution < -0.4 is 10.6 Å². The SMILES string of the molecule is Cc1ccc(C#N)c(NCC2CCCN2)n1. The van der Waals surface area contributed by atoms with E-state index in [0.29, 0.717) is 17.4 Å². The minimum absolute atomic E-state index is 0.508. The van der Waals surface area contributed by atoms with Gasteiger partial charge >= 0.3 is 0 Å². The van der Waals surface area contributed by atoms with Crippen LogP contribution in [0.5, 0.6) is 0 Å². The Labute approximate surface area is 95.7 Å². The molecule has 1 aromatic heterocycles. The predicted octanol–water partition coefficient (Wildman–Crippen LogP) is 1.43. The summed E-state index contributed by atoms with van der Waals surface area (Å²) in [6.07, 6.45) is 2.43. The molecule has 0 aliphatic carbocycles. The summed E-state index contributed by atoms with van der Waals surface area (Å²) in [6, 6.07) is 6.33. The number of aryl methyl sites for hydroxylation is 1. The molecule has 84 valence electrons. The maximum absolute atomic E-state index is 8.96. The Morgan fingerprint density at radius 2 is 2.50 bits per heavy atom. The Bertz CT molecular complexity index is 402. The van der Waals surface area contributed by atoms with Gasteiger partial charge < -0.3 is 10.6 Å². The quantitative estimate of drug-likeness (QED) is 0.802. The lowest BCUT2D eigenvalue weighted by atomic mass is 10.2. The van der Waals surface area contributed by atoms with Crippen LogP contribution in [-0.4, -0.2) is 24.1 Å². The first-order chi connectivity index (χ1) is 7.79.